The topological polar surface area (TPSA) is 35.0 Å². The second-order valence-corrected chi connectivity index (χ2v) is 0. The predicted molar refractivity (Wildman–Crippen MR) is 15.0 cm³/mol. The van der Waals surface area contributed by atoms with Gasteiger partial charge >= 0.3 is 0 Å². The summed E-state index contributed by atoms with van der Waals surface area (Å²) in [6, 6.07) is 0. The van der Waals surface area contributed by atoms with Crippen LogP contribution in [-0.4, -0.2) is 0 Å². The average Bonchev–Trinajstić information content (AvgIpc) is 0. The molecule has 0 spiro atoms. The van der Waals surface area contributed by atoms with E-state index in [1.165, 1.54) is 0 Å². The van der Waals surface area contributed by atoms with E-state index in [4.69, 9.17) is 0 Å². The van der Waals surface area contributed by atoms with Crippen molar-refractivity contribution in [2.24, 2.45) is 0 Å². The minimum atomic E-state index is 0. The summed E-state index contributed by atoms with van der Waals surface area (Å²) in [5.74, 6) is 0. The Bertz CT molecular complexity index is 7.51. The van der Waals surface area contributed by atoms with Crippen LogP contribution in [0, 0.1) is 0 Å². The van der Waals surface area contributed by atoms with Crippen molar-refractivity contribution in [3.63, 3.8) is 0 Å². The third-order valence-electron chi connectivity index (χ3n) is 0. The Hall–Kier alpha value is 0.563. The van der Waals surface area contributed by atoms with Gasteiger partial charge in [-0.15, -0.1) is 0 Å². The van der Waals surface area contributed by atoms with Crippen molar-refractivity contribution >= 4 is 0 Å². The number of hydrogen-bond acceptors (Lipinski definition) is 1. The maximum absolute atomic E-state index is 0. The van der Waals surface area contributed by atoms with Gasteiger partial charge in [-0.25, -0.2) is 0 Å². The van der Waals surface area contributed by atoms with E-state index in [2.05, 4.69) is 0 Å². The van der Waals surface area contributed by atoms with Gasteiger partial charge in [0.05, 0.1) is 0 Å². The quantitative estimate of drug-likeness (QED) is 0.560. The molecule has 0 heterocycles. The molecule has 0 aliphatic rings. The molecular weight excluding hydrogens is 181 g/mol. The molecule has 0 fully saturated rings. The van der Waals surface area contributed by atoms with Crippen LogP contribution < -0.4 is 6.15 Å². The molecule has 44 valence electrons. The van der Waals surface area contributed by atoms with Crippen molar-refractivity contribution in [1.82, 2.24) is 6.15 Å². The molecule has 0 unspecified atom stereocenters. The van der Waals surface area contributed by atoms with Crippen LogP contribution in [-0.2, 0) is 26.2 Å². The van der Waals surface area contributed by atoms with Crippen molar-refractivity contribution in [1.29, 1.82) is 0 Å². The average molecular weight is 188 g/mol. The first kappa shape index (κ1) is 641. The van der Waals surface area contributed by atoms with Crippen LogP contribution in [0.4, 0.5) is 18.8 Å². The van der Waals surface area contributed by atoms with Crippen LogP contribution in [0.15, 0.2) is 0 Å². The Morgan fingerprint density at radius 1 is 0.500 bits per heavy atom. The van der Waals surface area contributed by atoms with Crippen LogP contribution in [0.2, 0.25) is 0 Å². The van der Waals surface area contributed by atoms with Crippen molar-refractivity contribution in [3.05, 3.63) is 0 Å². The third kappa shape index (κ3) is 183. The molecule has 0 radical (unpaired) electrons. The maximum atomic E-state index is 0. The van der Waals surface area contributed by atoms with Crippen molar-refractivity contribution < 1.29 is 45.0 Å². The zero-order chi connectivity index (χ0) is 0. The first-order valence-corrected chi connectivity index (χ1v) is 0. The third-order valence-corrected chi connectivity index (χ3v) is 0. The van der Waals surface area contributed by atoms with E-state index in [1.807, 2.05) is 0 Å². The van der Waals surface area contributed by atoms with Gasteiger partial charge in [0.2, 0.25) is 0 Å². The van der Waals surface area contributed by atoms with Gasteiger partial charge in [-0.1, -0.05) is 0 Å². The largest absolute Gasteiger partial charge is 0.344 e. The fourth-order valence-electron chi connectivity index (χ4n) is 0. The minimum absolute atomic E-state index is 0. The fraction of sp³-hybridized carbons (Fsp3) is 0. The molecule has 0 aromatic carbocycles. The standard InChI is InChI=1S/4FH.H3N.Zr/h4*1H;1H3;. The normalized spacial score (nSPS) is 0. The minimum Gasteiger partial charge on any atom is -0.344 e. The van der Waals surface area contributed by atoms with Gasteiger partial charge in [0, 0.05) is 26.2 Å². The zero-order valence-corrected chi connectivity index (χ0v) is 5.30. The summed E-state index contributed by atoms with van der Waals surface area (Å²) in [7, 11) is 0. The zero-order valence-electron chi connectivity index (χ0n) is 2.84. The summed E-state index contributed by atoms with van der Waals surface area (Å²) in [5, 5.41) is 0. The van der Waals surface area contributed by atoms with E-state index in [1.54, 1.807) is 0 Å². The van der Waals surface area contributed by atoms with E-state index < -0.39 is 0 Å². The molecule has 0 amide bonds. The second-order valence-electron chi connectivity index (χ2n) is 0. The van der Waals surface area contributed by atoms with Gasteiger partial charge in [-0.2, -0.15) is 0 Å². The molecule has 0 aromatic heterocycles. The fourth-order valence-corrected chi connectivity index (χ4v) is 0. The Morgan fingerprint density at radius 2 is 0.500 bits per heavy atom. The number of halogens is 4. The van der Waals surface area contributed by atoms with Crippen LogP contribution in [0.1, 0.15) is 0 Å². The molecule has 0 aromatic rings. The molecule has 0 rings (SSSR count). The first-order valence-electron chi connectivity index (χ1n) is 0. The summed E-state index contributed by atoms with van der Waals surface area (Å²) in [4.78, 5) is 0. The SMILES string of the molecule is F.F.F.F.N.[Zr]. The van der Waals surface area contributed by atoms with Crippen LogP contribution in [0.5, 0.6) is 0 Å². The van der Waals surface area contributed by atoms with Gasteiger partial charge in [0.1, 0.15) is 0 Å². The summed E-state index contributed by atoms with van der Waals surface area (Å²) < 4.78 is 0. The molecule has 0 aliphatic heterocycles. The van der Waals surface area contributed by atoms with Crippen molar-refractivity contribution in [2.75, 3.05) is 0 Å². The second kappa shape index (κ2) is 365. The molecule has 6 heavy (non-hydrogen) atoms. The van der Waals surface area contributed by atoms with Gasteiger partial charge in [0.15, 0.2) is 0 Å². The smallest absolute Gasteiger partial charge is 0 e. The van der Waals surface area contributed by atoms with E-state index in [9.17, 15) is 0 Å². The molecule has 0 aliphatic carbocycles. The summed E-state index contributed by atoms with van der Waals surface area (Å²) in [6.07, 6.45) is 0. The summed E-state index contributed by atoms with van der Waals surface area (Å²) >= 11 is 0. The summed E-state index contributed by atoms with van der Waals surface area (Å²) in [6.45, 7) is 0. The van der Waals surface area contributed by atoms with Crippen LogP contribution in [0.3, 0.4) is 0 Å². The monoisotopic (exact) mass is 187 g/mol. The number of hydrogen-bond donors (Lipinski definition) is 1. The van der Waals surface area contributed by atoms with E-state index in [-0.39, 0.29) is 51.2 Å². The van der Waals surface area contributed by atoms with Crippen molar-refractivity contribution in [3.8, 4) is 0 Å². The number of rotatable bonds is 0. The van der Waals surface area contributed by atoms with E-state index in [0.29, 0.717) is 0 Å². The van der Waals surface area contributed by atoms with Crippen LogP contribution >= 0.6 is 0 Å². The van der Waals surface area contributed by atoms with E-state index >= 15 is 0 Å². The maximum Gasteiger partial charge on any atom is 0 e. The van der Waals surface area contributed by atoms with Gasteiger partial charge in [-0.05, 0) is 0 Å². The van der Waals surface area contributed by atoms with Gasteiger partial charge in [0.25, 0.3) is 0 Å². The molecule has 0 saturated carbocycles. The Balaban J connectivity index is 0. The molecule has 1 nitrogen and oxygen atoms in total. The summed E-state index contributed by atoms with van der Waals surface area (Å²) in [5.41, 5.74) is 0. The molecule has 0 atom stereocenters. The van der Waals surface area contributed by atoms with E-state index in [0.717, 1.165) is 0 Å². The Labute approximate surface area is 51.7 Å². The molecular formula is H7F4NZr. The Kier molecular flexibility index (Phi) is 39000. The van der Waals surface area contributed by atoms with Gasteiger partial charge < -0.3 is 6.15 Å². The Morgan fingerprint density at radius 3 is 0.500 bits per heavy atom. The van der Waals surface area contributed by atoms with Crippen molar-refractivity contribution in [2.45, 2.75) is 0 Å². The van der Waals surface area contributed by atoms with Gasteiger partial charge in [-0.3, -0.25) is 18.8 Å². The predicted octanol–water partition coefficient (Wildman–Crippen LogP) is 0.770. The van der Waals surface area contributed by atoms with Crippen LogP contribution in [0.25, 0.3) is 0 Å². The molecule has 3 N–H and O–H groups in total. The molecule has 0 saturated heterocycles. The molecule has 0 bridgehead atoms. The molecule has 6 heteroatoms. The first-order chi connectivity index (χ1) is 0.